The number of carbonyl (C=O) groups is 1. The van der Waals surface area contributed by atoms with Crippen LogP contribution in [-0.2, 0) is 11.3 Å². The molecule has 112 valence electrons. The van der Waals surface area contributed by atoms with Crippen LogP contribution in [0.1, 0.15) is 26.7 Å². The van der Waals surface area contributed by atoms with Crippen molar-refractivity contribution in [2.45, 2.75) is 33.2 Å². The molecule has 2 aromatic rings. The van der Waals surface area contributed by atoms with E-state index in [2.05, 4.69) is 29.5 Å². The molecular formula is C15H20N4O2. The van der Waals surface area contributed by atoms with Gasteiger partial charge in [0, 0.05) is 13.0 Å². The van der Waals surface area contributed by atoms with Crippen LogP contribution in [0.25, 0.3) is 10.9 Å². The van der Waals surface area contributed by atoms with E-state index in [0.717, 1.165) is 6.42 Å². The first kappa shape index (κ1) is 15.2. The summed E-state index contributed by atoms with van der Waals surface area (Å²) in [6.45, 7) is 5.12. The average Bonchev–Trinajstić information content (AvgIpc) is 2.46. The van der Waals surface area contributed by atoms with Crippen molar-refractivity contribution in [2.75, 3.05) is 6.54 Å². The van der Waals surface area contributed by atoms with Crippen molar-refractivity contribution in [3.8, 4) is 0 Å². The third-order valence-corrected chi connectivity index (χ3v) is 3.22. The van der Waals surface area contributed by atoms with Crippen molar-refractivity contribution in [3.63, 3.8) is 0 Å². The molecule has 0 spiro atoms. The van der Waals surface area contributed by atoms with Crippen LogP contribution in [0.3, 0.4) is 0 Å². The highest BCUT2D eigenvalue weighted by Gasteiger charge is 2.07. The molecule has 1 aromatic carbocycles. The zero-order valence-electron chi connectivity index (χ0n) is 12.4. The summed E-state index contributed by atoms with van der Waals surface area (Å²) < 4.78 is 1.24. The van der Waals surface area contributed by atoms with Gasteiger partial charge in [0.1, 0.15) is 5.52 Å². The van der Waals surface area contributed by atoms with Gasteiger partial charge in [-0.15, -0.1) is 5.10 Å². The molecule has 2 rings (SSSR count). The molecule has 1 amide bonds. The molecule has 0 bridgehead atoms. The topological polar surface area (TPSA) is 76.9 Å². The third kappa shape index (κ3) is 4.11. The maximum atomic E-state index is 12.2. The monoisotopic (exact) mass is 288 g/mol. The Labute approximate surface area is 123 Å². The Balaban J connectivity index is 1.96. The Hall–Kier alpha value is -2.24. The summed E-state index contributed by atoms with van der Waals surface area (Å²) >= 11 is 0. The van der Waals surface area contributed by atoms with Gasteiger partial charge in [0.15, 0.2) is 0 Å². The minimum Gasteiger partial charge on any atom is -0.356 e. The van der Waals surface area contributed by atoms with Gasteiger partial charge in [-0.1, -0.05) is 31.2 Å². The van der Waals surface area contributed by atoms with Crippen LogP contribution in [0.2, 0.25) is 0 Å². The smallest absolute Gasteiger partial charge is 0.277 e. The number of carbonyl (C=O) groups excluding carboxylic acids is 1. The SMILES string of the molecule is CC(C)CCNC(=O)CCn1nnc2ccccc2c1=O. The van der Waals surface area contributed by atoms with Crippen molar-refractivity contribution in [3.05, 3.63) is 34.6 Å². The van der Waals surface area contributed by atoms with Crippen LogP contribution in [0.5, 0.6) is 0 Å². The Kier molecular flexibility index (Phi) is 5.03. The van der Waals surface area contributed by atoms with Crippen molar-refractivity contribution < 1.29 is 4.79 Å². The van der Waals surface area contributed by atoms with E-state index in [1.165, 1.54) is 4.68 Å². The number of aryl methyl sites for hydroxylation is 1. The maximum absolute atomic E-state index is 12.2. The Morgan fingerprint density at radius 1 is 1.33 bits per heavy atom. The van der Waals surface area contributed by atoms with E-state index in [1.807, 2.05) is 6.07 Å². The first-order valence-electron chi connectivity index (χ1n) is 7.17. The summed E-state index contributed by atoms with van der Waals surface area (Å²) in [6.07, 6.45) is 1.17. The first-order valence-corrected chi connectivity index (χ1v) is 7.17. The van der Waals surface area contributed by atoms with Gasteiger partial charge in [-0.05, 0) is 24.5 Å². The van der Waals surface area contributed by atoms with Gasteiger partial charge < -0.3 is 5.32 Å². The van der Waals surface area contributed by atoms with Gasteiger partial charge in [0.25, 0.3) is 5.56 Å². The normalized spacial score (nSPS) is 11.0. The van der Waals surface area contributed by atoms with Crippen LogP contribution in [-0.4, -0.2) is 27.4 Å². The molecule has 0 aliphatic heterocycles. The van der Waals surface area contributed by atoms with Crippen LogP contribution >= 0.6 is 0 Å². The lowest BCUT2D eigenvalue weighted by atomic mass is 10.1. The molecule has 1 heterocycles. The van der Waals surface area contributed by atoms with Crippen molar-refractivity contribution >= 4 is 16.8 Å². The molecule has 1 aromatic heterocycles. The van der Waals surface area contributed by atoms with Crippen molar-refractivity contribution in [1.29, 1.82) is 0 Å². The predicted octanol–water partition coefficient (Wildman–Crippen LogP) is 1.34. The van der Waals surface area contributed by atoms with Gasteiger partial charge in [-0.25, -0.2) is 4.68 Å². The number of fused-ring (bicyclic) bond motifs is 1. The first-order chi connectivity index (χ1) is 10.1. The van der Waals surface area contributed by atoms with Crippen LogP contribution in [0, 0.1) is 5.92 Å². The quantitative estimate of drug-likeness (QED) is 0.870. The highest BCUT2D eigenvalue weighted by atomic mass is 16.2. The number of nitrogens with zero attached hydrogens (tertiary/aromatic N) is 3. The zero-order chi connectivity index (χ0) is 15.2. The molecule has 0 aliphatic carbocycles. The molecule has 21 heavy (non-hydrogen) atoms. The summed E-state index contributed by atoms with van der Waals surface area (Å²) in [4.78, 5) is 23.9. The molecule has 0 radical (unpaired) electrons. The number of hydrogen-bond donors (Lipinski definition) is 1. The second-order valence-corrected chi connectivity index (χ2v) is 5.42. The molecule has 6 heteroatoms. The van der Waals surface area contributed by atoms with Gasteiger partial charge in [-0.3, -0.25) is 9.59 Å². The molecule has 0 saturated heterocycles. The predicted molar refractivity (Wildman–Crippen MR) is 80.9 cm³/mol. The highest BCUT2D eigenvalue weighted by molar-refractivity contribution is 5.77. The van der Waals surface area contributed by atoms with E-state index in [4.69, 9.17) is 0 Å². The lowest BCUT2D eigenvalue weighted by Gasteiger charge is -2.07. The van der Waals surface area contributed by atoms with E-state index < -0.39 is 0 Å². The Bertz CT molecular complexity index is 679. The molecule has 6 nitrogen and oxygen atoms in total. The van der Waals surface area contributed by atoms with E-state index in [0.29, 0.717) is 23.4 Å². The highest BCUT2D eigenvalue weighted by Crippen LogP contribution is 2.03. The maximum Gasteiger partial charge on any atom is 0.277 e. The van der Waals surface area contributed by atoms with E-state index in [1.54, 1.807) is 18.2 Å². The molecule has 0 aliphatic rings. The second-order valence-electron chi connectivity index (χ2n) is 5.42. The minimum atomic E-state index is -0.212. The Morgan fingerprint density at radius 2 is 2.10 bits per heavy atom. The number of benzene rings is 1. The summed E-state index contributed by atoms with van der Waals surface area (Å²) in [5, 5.41) is 11.2. The molecular weight excluding hydrogens is 268 g/mol. The molecule has 0 saturated carbocycles. The number of aromatic nitrogens is 3. The number of amides is 1. The van der Waals surface area contributed by atoms with Gasteiger partial charge >= 0.3 is 0 Å². The largest absolute Gasteiger partial charge is 0.356 e. The molecule has 0 fully saturated rings. The van der Waals surface area contributed by atoms with Gasteiger partial charge in [-0.2, -0.15) is 0 Å². The second kappa shape index (κ2) is 6.97. The van der Waals surface area contributed by atoms with Gasteiger partial charge in [0.2, 0.25) is 5.91 Å². The molecule has 1 N–H and O–H groups in total. The fourth-order valence-corrected chi connectivity index (χ4v) is 1.97. The summed E-state index contributed by atoms with van der Waals surface area (Å²) in [5.74, 6) is 0.483. The number of hydrogen-bond acceptors (Lipinski definition) is 4. The lowest BCUT2D eigenvalue weighted by Crippen LogP contribution is -2.30. The fraction of sp³-hybridized carbons (Fsp3) is 0.467. The Morgan fingerprint density at radius 3 is 2.86 bits per heavy atom. The van der Waals surface area contributed by atoms with Crippen molar-refractivity contribution in [1.82, 2.24) is 20.3 Å². The fourth-order valence-electron chi connectivity index (χ4n) is 1.97. The standard InChI is InChI=1S/C15H20N4O2/c1-11(2)7-9-16-14(20)8-10-19-15(21)12-5-3-4-6-13(12)17-18-19/h3-6,11H,7-10H2,1-2H3,(H,16,20). The van der Waals surface area contributed by atoms with E-state index >= 15 is 0 Å². The zero-order valence-corrected chi connectivity index (χ0v) is 12.4. The van der Waals surface area contributed by atoms with E-state index in [-0.39, 0.29) is 24.4 Å². The van der Waals surface area contributed by atoms with Gasteiger partial charge in [0.05, 0.1) is 11.9 Å². The average molecular weight is 288 g/mol. The number of rotatable bonds is 6. The van der Waals surface area contributed by atoms with Crippen LogP contribution < -0.4 is 10.9 Å². The minimum absolute atomic E-state index is 0.0718. The summed E-state index contributed by atoms with van der Waals surface area (Å²) in [6, 6.07) is 7.05. The molecule has 0 atom stereocenters. The third-order valence-electron chi connectivity index (χ3n) is 3.22. The van der Waals surface area contributed by atoms with Crippen molar-refractivity contribution in [2.24, 2.45) is 5.92 Å². The lowest BCUT2D eigenvalue weighted by molar-refractivity contribution is -0.121. The number of nitrogens with one attached hydrogen (secondary N) is 1. The van der Waals surface area contributed by atoms with Crippen LogP contribution in [0.4, 0.5) is 0 Å². The summed E-state index contributed by atoms with van der Waals surface area (Å²) in [7, 11) is 0. The van der Waals surface area contributed by atoms with Crippen LogP contribution in [0.15, 0.2) is 29.1 Å². The molecule has 0 unspecified atom stereocenters. The van der Waals surface area contributed by atoms with E-state index in [9.17, 15) is 9.59 Å². The summed E-state index contributed by atoms with van der Waals surface area (Å²) in [5.41, 5.74) is 0.357.